The number of fused-ring (bicyclic) bond motifs is 3. The van der Waals surface area contributed by atoms with Crippen LogP contribution in [0.15, 0.2) is 78.4 Å². The Balaban J connectivity index is 1.33. The van der Waals surface area contributed by atoms with Crippen molar-refractivity contribution in [3.05, 3.63) is 111 Å². The summed E-state index contributed by atoms with van der Waals surface area (Å²) in [5.41, 5.74) is 5.40. The van der Waals surface area contributed by atoms with Gasteiger partial charge in [-0.3, -0.25) is 24.5 Å². The van der Waals surface area contributed by atoms with Crippen molar-refractivity contribution in [2.75, 3.05) is 11.9 Å². The van der Waals surface area contributed by atoms with Crippen LogP contribution in [0.25, 0.3) is 17.0 Å². The number of carbonyl (C=O) groups is 2. The number of nitrogens with one attached hydrogen (secondary N) is 1. The highest BCUT2D eigenvalue weighted by molar-refractivity contribution is 6.00. The second-order valence-electron chi connectivity index (χ2n) is 9.69. The number of rotatable bonds is 10. The highest BCUT2D eigenvalue weighted by Gasteiger charge is 2.27. The maximum atomic E-state index is 12.8. The number of non-ortho nitro benzene ring substituents is 1. The van der Waals surface area contributed by atoms with Gasteiger partial charge in [-0.15, -0.1) is 0 Å². The number of aromatic nitrogens is 1. The van der Waals surface area contributed by atoms with Crippen LogP contribution in [-0.4, -0.2) is 39.5 Å². The van der Waals surface area contributed by atoms with Crippen LogP contribution in [0.4, 0.5) is 11.4 Å². The lowest BCUT2D eigenvalue weighted by atomic mass is 9.91. The van der Waals surface area contributed by atoms with E-state index in [-0.39, 0.29) is 18.3 Å². The highest BCUT2D eigenvalue weighted by atomic mass is 16.7. The number of aryl methyl sites for hydroxylation is 2. The molecule has 1 aliphatic carbocycles. The second-order valence-corrected chi connectivity index (χ2v) is 9.69. The molecule has 1 atom stereocenters. The van der Waals surface area contributed by atoms with Crippen molar-refractivity contribution in [3.63, 3.8) is 0 Å². The Morgan fingerprint density at radius 2 is 1.90 bits per heavy atom. The number of nitro groups is 1. The van der Waals surface area contributed by atoms with Crippen LogP contribution in [0.1, 0.15) is 33.6 Å². The average molecular weight is 550 g/mol. The molecule has 3 aromatic carbocycles. The number of anilines is 1. The van der Waals surface area contributed by atoms with Gasteiger partial charge in [0, 0.05) is 52.9 Å². The summed E-state index contributed by atoms with van der Waals surface area (Å²) in [4.78, 5) is 40.5. The van der Waals surface area contributed by atoms with E-state index < -0.39 is 10.8 Å². The first kappa shape index (κ1) is 27.3. The van der Waals surface area contributed by atoms with Gasteiger partial charge >= 0.3 is 0 Å². The zero-order chi connectivity index (χ0) is 28.9. The minimum atomic E-state index is -0.518. The molecule has 2 amide bonds. The Morgan fingerprint density at radius 3 is 2.61 bits per heavy atom. The SMILES string of the molecule is Cc1ccccc1C(=O)N(C=O)OCCCn1c2c(c3ccccc31)CC(Nc1ccc([N+](=O)[O-])cc1)C(C#N)=C2. The van der Waals surface area contributed by atoms with Crippen LogP contribution in [0, 0.1) is 28.4 Å². The summed E-state index contributed by atoms with van der Waals surface area (Å²) >= 11 is 0. The topological polar surface area (TPSA) is 130 Å². The average Bonchev–Trinajstić information content (AvgIpc) is 3.29. The summed E-state index contributed by atoms with van der Waals surface area (Å²) in [6, 6.07) is 23.1. The Kier molecular flexibility index (Phi) is 7.90. The third-order valence-electron chi connectivity index (χ3n) is 7.17. The fraction of sp³-hybridized carbons (Fsp3) is 0.194. The molecule has 0 fully saturated rings. The molecule has 1 aromatic heterocycles. The molecule has 5 rings (SSSR count). The predicted molar refractivity (Wildman–Crippen MR) is 154 cm³/mol. The van der Waals surface area contributed by atoms with Crippen molar-refractivity contribution in [1.29, 1.82) is 5.26 Å². The molecule has 10 heteroatoms. The summed E-state index contributed by atoms with van der Waals surface area (Å²) in [7, 11) is 0. The fourth-order valence-electron chi connectivity index (χ4n) is 5.15. The van der Waals surface area contributed by atoms with E-state index in [4.69, 9.17) is 4.84 Å². The van der Waals surface area contributed by atoms with E-state index in [1.165, 1.54) is 12.1 Å². The van der Waals surface area contributed by atoms with Gasteiger partial charge in [-0.2, -0.15) is 10.3 Å². The van der Waals surface area contributed by atoms with Gasteiger partial charge in [-0.1, -0.05) is 36.4 Å². The Labute approximate surface area is 236 Å². The third-order valence-corrected chi connectivity index (χ3v) is 7.17. The highest BCUT2D eigenvalue weighted by Crippen LogP contribution is 2.35. The first-order valence-corrected chi connectivity index (χ1v) is 13.1. The summed E-state index contributed by atoms with van der Waals surface area (Å²) in [6.45, 7) is 2.47. The summed E-state index contributed by atoms with van der Waals surface area (Å²) < 4.78 is 2.13. The van der Waals surface area contributed by atoms with E-state index in [0.29, 0.717) is 42.6 Å². The van der Waals surface area contributed by atoms with Crippen LogP contribution in [-0.2, 0) is 22.6 Å². The summed E-state index contributed by atoms with van der Waals surface area (Å²) in [6.07, 6.45) is 3.32. The molecule has 4 aromatic rings. The van der Waals surface area contributed by atoms with E-state index in [9.17, 15) is 25.0 Å². The molecule has 206 valence electrons. The van der Waals surface area contributed by atoms with E-state index >= 15 is 0 Å². The lowest BCUT2D eigenvalue weighted by Crippen LogP contribution is -2.31. The van der Waals surface area contributed by atoms with Crippen LogP contribution >= 0.6 is 0 Å². The monoisotopic (exact) mass is 549 g/mol. The Bertz CT molecular complexity index is 1700. The number of nitriles is 1. The lowest BCUT2D eigenvalue weighted by molar-refractivity contribution is -0.384. The van der Waals surface area contributed by atoms with Crippen molar-refractivity contribution in [3.8, 4) is 6.07 Å². The minimum absolute atomic E-state index is 0.000359. The van der Waals surface area contributed by atoms with Gasteiger partial charge in [0.05, 0.1) is 29.2 Å². The number of para-hydroxylation sites is 1. The van der Waals surface area contributed by atoms with Crippen molar-refractivity contribution < 1.29 is 19.3 Å². The molecule has 0 radical (unpaired) electrons. The Hall–Kier alpha value is -5.27. The number of carbonyl (C=O) groups excluding carboxylic acids is 2. The van der Waals surface area contributed by atoms with E-state index in [0.717, 1.165) is 32.8 Å². The molecule has 1 heterocycles. The van der Waals surface area contributed by atoms with Crippen LogP contribution in [0.3, 0.4) is 0 Å². The van der Waals surface area contributed by atoms with E-state index in [1.54, 1.807) is 37.3 Å². The first-order valence-electron chi connectivity index (χ1n) is 13.1. The lowest BCUT2D eigenvalue weighted by Gasteiger charge is -2.24. The van der Waals surface area contributed by atoms with Gasteiger partial charge in [0.15, 0.2) is 0 Å². The molecule has 0 bridgehead atoms. The first-order chi connectivity index (χ1) is 19.9. The quantitative estimate of drug-likeness (QED) is 0.121. The maximum Gasteiger partial charge on any atom is 0.284 e. The van der Waals surface area contributed by atoms with Gasteiger partial charge in [0.1, 0.15) is 0 Å². The second kappa shape index (κ2) is 11.9. The molecule has 41 heavy (non-hydrogen) atoms. The molecule has 0 spiro atoms. The molecular weight excluding hydrogens is 522 g/mol. The van der Waals surface area contributed by atoms with Crippen molar-refractivity contribution in [1.82, 2.24) is 9.63 Å². The molecule has 10 nitrogen and oxygen atoms in total. The third kappa shape index (κ3) is 5.57. The van der Waals surface area contributed by atoms with E-state index in [1.807, 2.05) is 36.4 Å². The number of nitrogens with zero attached hydrogens (tertiary/aromatic N) is 4. The molecule has 1 aliphatic rings. The normalized spacial score (nSPS) is 14.0. The Morgan fingerprint density at radius 1 is 1.17 bits per heavy atom. The number of hydrogen-bond donors (Lipinski definition) is 1. The fourth-order valence-corrected chi connectivity index (χ4v) is 5.15. The molecular formula is C31H27N5O5. The minimum Gasteiger partial charge on any atom is -0.377 e. The van der Waals surface area contributed by atoms with Crippen LogP contribution in [0.2, 0.25) is 0 Å². The number of nitro benzene ring substituents is 1. The van der Waals surface area contributed by atoms with Crippen molar-refractivity contribution in [2.45, 2.75) is 32.4 Å². The van der Waals surface area contributed by atoms with Gasteiger partial charge in [-0.05, 0) is 54.8 Å². The molecule has 0 aliphatic heterocycles. The zero-order valence-electron chi connectivity index (χ0n) is 22.3. The smallest absolute Gasteiger partial charge is 0.284 e. The standard InChI is InChI=1S/C31H27N5O5/c1-21-7-2-3-8-25(21)31(38)35(20-37)41-16-6-15-34-29-10-5-4-9-26(29)27-18-28(22(19-32)17-30(27)34)33-23-11-13-24(14-12-23)36(39)40/h2-5,7-14,17,20,28,33H,6,15-16,18H2,1H3. The number of amides is 2. The van der Waals surface area contributed by atoms with Gasteiger partial charge in [0.2, 0.25) is 6.41 Å². The summed E-state index contributed by atoms with van der Waals surface area (Å²) in [5.74, 6) is -0.518. The van der Waals surface area contributed by atoms with Gasteiger partial charge in [-0.25, -0.2) is 0 Å². The molecule has 1 unspecified atom stereocenters. The molecule has 0 saturated heterocycles. The van der Waals surface area contributed by atoms with Gasteiger partial charge < -0.3 is 9.88 Å². The van der Waals surface area contributed by atoms with Crippen LogP contribution in [0.5, 0.6) is 0 Å². The number of benzene rings is 3. The predicted octanol–water partition coefficient (Wildman–Crippen LogP) is 5.42. The molecule has 0 saturated carbocycles. The number of hydroxylamine groups is 2. The van der Waals surface area contributed by atoms with Gasteiger partial charge in [0.25, 0.3) is 11.6 Å². The van der Waals surface area contributed by atoms with Crippen molar-refractivity contribution in [2.24, 2.45) is 0 Å². The summed E-state index contributed by atoms with van der Waals surface area (Å²) in [5, 5.41) is 26.1. The largest absolute Gasteiger partial charge is 0.377 e. The number of imide groups is 1. The molecule has 1 N–H and O–H groups in total. The van der Waals surface area contributed by atoms with E-state index in [2.05, 4.69) is 16.0 Å². The maximum absolute atomic E-state index is 12.8. The van der Waals surface area contributed by atoms with Crippen molar-refractivity contribution >= 4 is 40.7 Å². The van der Waals surface area contributed by atoms with Crippen LogP contribution < -0.4 is 5.32 Å². The number of hydrogen-bond acceptors (Lipinski definition) is 7. The zero-order valence-corrected chi connectivity index (χ0v) is 22.3.